The summed E-state index contributed by atoms with van der Waals surface area (Å²) in [7, 11) is 0. The van der Waals surface area contributed by atoms with E-state index in [-0.39, 0.29) is 5.91 Å². The summed E-state index contributed by atoms with van der Waals surface area (Å²) in [5.74, 6) is 2.17. The molecule has 2 heterocycles. The lowest BCUT2D eigenvalue weighted by molar-refractivity contribution is -0.125. The second-order valence-corrected chi connectivity index (χ2v) is 6.43. The molecule has 0 spiro atoms. The fraction of sp³-hybridized carbons (Fsp3) is 0.867. The van der Waals surface area contributed by atoms with Crippen LogP contribution in [0.5, 0.6) is 0 Å². The fourth-order valence-electron chi connectivity index (χ4n) is 3.96. The summed E-state index contributed by atoms with van der Waals surface area (Å²) in [6, 6.07) is 0.372. The van der Waals surface area contributed by atoms with Crippen molar-refractivity contribution in [1.29, 1.82) is 5.41 Å². The summed E-state index contributed by atoms with van der Waals surface area (Å²) < 4.78 is 0. The van der Waals surface area contributed by atoms with Crippen LogP contribution in [0.15, 0.2) is 0 Å². The van der Waals surface area contributed by atoms with Gasteiger partial charge in [-0.3, -0.25) is 10.2 Å². The molecule has 2 saturated heterocycles. The standard InChI is InChI=1S/C15H25N3O/c16-15(11-4-2-1-3-5-11)18-9-8-13-12(10-18)6-7-14(19)17-13/h11-13,16H,1-10H2,(H,17,19). The average Bonchev–Trinajstić information content (AvgIpc) is 2.47. The third-order valence-corrected chi connectivity index (χ3v) is 5.16. The Bertz CT molecular complexity index is 362. The first-order chi connectivity index (χ1) is 9.24. The molecule has 19 heavy (non-hydrogen) atoms. The van der Waals surface area contributed by atoms with Crippen molar-refractivity contribution in [1.82, 2.24) is 10.2 Å². The van der Waals surface area contributed by atoms with Gasteiger partial charge in [0.05, 0.1) is 5.84 Å². The Morgan fingerprint density at radius 3 is 2.74 bits per heavy atom. The minimum absolute atomic E-state index is 0.219. The Hall–Kier alpha value is -1.06. The van der Waals surface area contributed by atoms with Gasteiger partial charge in [-0.25, -0.2) is 0 Å². The first-order valence-corrected chi connectivity index (χ1v) is 7.87. The van der Waals surface area contributed by atoms with Gasteiger partial charge < -0.3 is 10.2 Å². The molecule has 3 rings (SSSR count). The molecule has 0 bridgehead atoms. The lowest BCUT2D eigenvalue weighted by Gasteiger charge is -2.44. The zero-order chi connectivity index (χ0) is 13.2. The summed E-state index contributed by atoms with van der Waals surface area (Å²) in [4.78, 5) is 13.7. The lowest BCUT2D eigenvalue weighted by Crippen LogP contribution is -2.55. The molecule has 106 valence electrons. The fourth-order valence-corrected chi connectivity index (χ4v) is 3.96. The number of fused-ring (bicyclic) bond motifs is 1. The Balaban J connectivity index is 1.58. The van der Waals surface area contributed by atoms with Crippen molar-refractivity contribution in [3.8, 4) is 0 Å². The maximum atomic E-state index is 11.4. The van der Waals surface area contributed by atoms with Crippen LogP contribution in [0.1, 0.15) is 51.4 Å². The van der Waals surface area contributed by atoms with Crippen LogP contribution in [-0.4, -0.2) is 35.8 Å². The van der Waals surface area contributed by atoms with Crippen LogP contribution in [0.2, 0.25) is 0 Å². The van der Waals surface area contributed by atoms with Crippen molar-refractivity contribution >= 4 is 11.7 Å². The number of amides is 1. The van der Waals surface area contributed by atoms with Gasteiger partial charge in [0.15, 0.2) is 0 Å². The van der Waals surface area contributed by atoms with Gasteiger partial charge in [0, 0.05) is 31.5 Å². The van der Waals surface area contributed by atoms with Gasteiger partial charge in [0.25, 0.3) is 0 Å². The molecule has 2 unspecified atom stereocenters. The van der Waals surface area contributed by atoms with Crippen molar-refractivity contribution in [3.05, 3.63) is 0 Å². The summed E-state index contributed by atoms with van der Waals surface area (Å²) in [5, 5.41) is 11.6. The molecular formula is C15H25N3O. The van der Waals surface area contributed by atoms with Crippen molar-refractivity contribution < 1.29 is 4.79 Å². The predicted octanol–water partition coefficient (Wildman–Crippen LogP) is 2.14. The van der Waals surface area contributed by atoms with Crippen LogP contribution >= 0.6 is 0 Å². The van der Waals surface area contributed by atoms with Crippen molar-refractivity contribution in [2.24, 2.45) is 11.8 Å². The van der Waals surface area contributed by atoms with Gasteiger partial charge in [-0.2, -0.15) is 0 Å². The van der Waals surface area contributed by atoms with E-state index in [0.29, 0.717) is 24.3 Å². The lowest BCUT2D eigenvalue weighted by atomic mass is 9.83. The van der Waals surface area contributed by atoms with E-state index in [1.807, 2.05) is 0 Å². The van der Waals surface area contributed by atoms with E-state index in [2.05, 4.69) is 10.2 Å². The quantitative estimate of drug-likeness (QED) is 0.562. The van der Waals surface area contributed by atoms with E-state index in [1.165, 1.54) is 32.1 Å². The Morgan fingerprint density at radius 2 is 1.95 bits per heavy atom. The van der Waals surface area contributed by atoms with Gasteiger partial charge in [-0.05, 0) is 31.6 Å². The summed E-state index contributed by atoms with van der Waals surface area (Å²) in [5.41, 5.74) is 0. The van der Waals surface area contributed by atoms with Crippen LogP contribution in [0.4, 0.5) is 0 Å². The van der Waals surface area contributed by atoms with Crippen LogP contribution in [0.25, 0.3) is 0 Å². The van der Waals surface area contributed by atoms with Gasteiger partial charge in [-0.15, -0.1) is 0 Å². The van der Waals surface area contributed by atoms with Gasteiger partial charge in [0.1, 0.15) is 0 Å². The summed E-state index contributed by atoms with van der Waals surface area (Å²) in [6.45, 7) is 1.94. The predicted molar refractivity (Wildman–Crippen MR) is 75.1 cm³/mol. The highest BCUT2D eigenvalue weighted by atomic mass is 16.1. The first kappa shape index (κ1) is 12.9. The SMILES string of the molecule is N=C(C1CCCCC1)N1CCC2NC(=O)CCC2C1. The average molecular weight is 263 g/mol. The number of carbonyl (C=O) groups excluding carboxylic acids is 1. The number of nitrogens with zero attached hydrogens (tertiary/aromatic N) is 1. The largest absolute Gasteiger partial charge is 0.360 e. The van der Waals surface area contributed by atoms with Crippen LogP contribution in [-0.2, 0) is 4.79 Å². The third-order valence-electron chi connectivity index (χ3n) is 5.16. The maximum absolute atomic E-state index is 11.4. The second kappa shape index (κ2) is 5.51. The molecule has 1 aliphatic carbocycles. The number of carbonyl (C=O) groups is 1. The van der Waals surface area contributed by atoms with Crippen LogP contribution in [0.3, 0.4) is 0 Å². The number of piperidine rings is 2. The molecule has 3 fully saturated rings. The minimum atomic E-state index is 0.219. The first-order valence-electron chi connectivity index (χ1n) is 7.87. The minimum Gasteiger partial charge on any atom is -0.360 e. The van der Waals surface area contributed by atoms with E-state index in [4.69, 9.17) is 5.41 Å². The molecule has 0 radical (unpaired) electrons. The highest BCUT2D eigenvalue weighted by Crippen LogP contribution is 2.30. The van der Waals surface area contributed by atoms with Crippen LogP contribution < -0.4 is 5.32 Å². The molecule has 4 nitrogen and oxygen atoms in total. The van der Waals surface area contributed by atoms with Gasteiger partial charge >= 0.3 is 0 Å². The molecule has 2 atom stereocenters. The number of hydrogen-bond donors (Lipinski definition) is 2. The molecular weight excluding hydrogens is 238 g/mol. The highest BCUT2D eigenvalue weighted by Gasteiger charge is 2.35. The Kier molecular flexibility index (Phi) is 3.76. The second-order valence-electron chi connectivity index (χ2n) is 6.43. The van der Waals surface area contributed by atoms with Gasteiger partial charge in [-0.1, -0.05) is 19.3 Å². The molecule has 1 amide bonds. The maximum Gasteiger partial charge on any atom is 0.220 e. The molecule has 0 aromatic rings. The molecule has 0 aromatic heterocycles. The molecule has 2 aliphatic heterocycles. The topological polar surface area (TPSA) is 56.2 Å². The van der Waals surface area contributed by atoms with E-state index in [1.54, 1.807) is 0 Å². The van der Waals surface area contributed by atoms with Crippen LogP contribution in [0, 0.1) is 17.2 Å². The molecule has 3 aliphatic rings. The number of nitrogens with one attached hydrogen (secondary N) is 2. The summed E-state index contributed by atoms with van der Waals surface area (Å²) in [6.07, 6.45) is 9.05. The number of hydrogen-bond acceptors (Lipinski definition) is 2. The van der Waals surface area contributed by atoms with Gasteiger partial charge in [0.2, 0.25) is 5.91 Å². The van der Waals surface area contributed by atoms with Crippen molar-refractivity contribution in [2.45, 2.75) is 57.4 Å². The third kappa shape index (κ3) is 2.77. The summed E-state index contributed by atoms with van der Waals surface area (Å²) >= 11 is 0. The van der Waals surface area contributed by atoms with E-state index in [9.17, 15) is 4.79 Å². The molecule has 1 saturated carbocycles. The van der Waals surface area contributed by atoms with E-state index in [0.717, 1.165) is 31.8 Å². The Morgan fingerprint density at radius 1 is 1.16 bits per heavy atom. The normalized spacial score (nSPS) is 32.6. The van der Waals surface area contributed by atoms with E-state index < -0.39 is 0 Å². The zero-order valence-electron chi connectivity index (χ0n) is 11.7. The highest BCUT2D eigenvalue weighted by molar-refractivity contribution is 5.82. The molecule has 0 aromatic carbocycles. The number of likely N-dealkylation sites (tertiary alicyclic amines) is 1. The van der Waals surface area contributed by atoms with Crippen molar-refractivity contribution in [3.63, 3.8) is 0 Å². The van der Waals surface area contributed by atoms with E-state index >= 15 is 0 Å². The number of amidine groups is 1. The molecule has 4 heteroatoms. The zero-order valence-corrected chi connectivity index (χ0v) is 11.7. The Labute approximate surface area is 115 Å². The molecule has 2 N–H and O–H groups in total. The van der Waals surface area contributed by atoms with Crippen molar-refractivity contribution in [2.75, 3.05) is 13.1 Å². The smallest absolute Gasteiger partial charge is 0.220 e. The number of rotatable bonds is 1. The monoisotopic (exact) mass is 263 g/mol.